The van der Waals surface area contributed by atoms with E-state index >= 15 is 0 Å². The van der Waals surface area contributed by atoms with Gasteiger partial charge in [0.1, 0.15) is 0 Å². The molecule has 2 unspecified atom stereocenters. The Labute approximate surface area is 48.1 Å². The summed E-state index contributed by atoms with van der Waals surface area (Å²) in [6.45, 7) is 3.35. The first-order valence-corrected chi connectivity index (χ1v) is 3.47. The zero-order valence-electron chi connectivity index (χ0n) is 5.07. The molecule has 0 aromatic carbocycles. The van der Waals surface area contributed by atoms with Crippen LogP contribution >= 0.6 is 9.24 Å². The van der Waals surface area contributed by atoms with Gasteiger partial charge < -0.3 is 5.32 Å². The minimum Gasteiger partial charge on any atom is -0.319 e. The minimum atomic E-state index is 0.801. The van der Waals surface area contributed by atoms with Crippen molar-refractivity contribution in [3.05, 3.63) is 0 Å². The summed E-state index contributed by atoms with van der Waals surface area (Å²) < 4.78 is 0. The van der Waals surface area contributed by atoms with E-state index in [1.165, 1.54) is 6.16 Å². The van der Waals surface area contributed by atoms with E-state index in [1.807, 2.05) is 7.05 Å². The zero-order chi connectivity index (χ0) is 5.70. The lowest BCUT2D eigenvalue weighted by Gasteiger charge is -2.03. The summed E-state index contributed by atoms with van der Waals surface area (Å²) in [6, 6.07) is 0. The SMILES string of the molecule is CNCC(C)CP. The van der Waals surface area contributed by atoms with E-state index in [0.717, 1.165) is 12.5 Å². The third-order valence-electron chi connectivity index (χ3n) is 0.955. The van der Waals surface area contributed by atoms with Crippen LogP contribution in [0.4, 0.5) is 0 Å². The van der Waals surface area contributed by atoms with Crippen LogP contribution in [0.5, 0.6) is 0 Å². The molecule has 2 atom stereocenters. The van der Waals surface area contributed by atoms with E-state index in [2.05, 4.69) is 21.5 Å². The molecule has 0 aliphatic rings. The van der Waals surface area contributed by atoms with Crippen molar-refractivity contribution in [2.24, 2.45) is 5.92 Å². The number of rotatable bonds is 3. The highest BCUT2D eigenvalue weighted by atomic mass is 31.0. The van der Waals surface area contributed by atoms with E-state index < -0.39 is 0 Å². The largest absolute Gasteiger partial charge is 0.319 e. The molecule has 0 saturated heterocycles. The third-order valence-corrected chi connectivity index (χ3v) is 1.76. The normalized spacial score (nSPS) is 14.1. The minimum absolute atomic E-state index is 0.801. The second-order valence-corrected chi connectivity index (χ2v) is 2.37. The summed E-state index contributed by atoms with van der Waals surface area (Å²) in [5.74, 6) is 0.801. The predicted molar refractivity (Wildman–Crippen MR) is 37.7 cm³/mol. The van der Waals surface area contributed by atoms with Crippen LogP contribution in [-0.2, 0) is 0 Å². The molecule has 0 saturated carbocycles. The van der Waals surface area contributed by atoms with Crippen LogP contribution in [0.25, 0.3) is 0 Å². The van der Waals surface area contributed by atoms with Crippen molar-refractivity contribution < 1.29 is 0 Å². The lowest BCUT2D eigenvalue weighted by atomic mass is 10.2. The summed E-state index contributed by atoms with van der Waals surface area (Å²) in [7, 11) is 4.71. The molecule has 44 valence electrons. The fraction of sp³-hybridized carbons (Fsp3) is 1.00. The van der Waals surface area contributed by atoms with Gasteiger partial charge in [0.15, 0.2) is 0 Å². The van der Waals surface area contributed by atoms with Gasteiger partial charge in [-0.2, -0.15) is 0 Å². The van der Waals surface area contributed by atoms with Gasteiger partial charge in [-0.25, -0.2) is 0 Å². The summed E-state index contributed by atoms with van der Waals surface area (Å²) >= 11 is 0. The van der Waals surface area contributed by atoms with E-state index in [-0.39, 0.29) is 0 Å². The van der Waals surface area contributed by atoms with Crippen molar-refractivity contribution in [1.29, 1.82) is 0 Å². The molecule has 0 bridgehead atoms. The summed E-state index contributed by atoms with van der Waals surface area (Å²) in [5.41, 5.74) is 0. The Morgan fingerprint density at radius 3 is 2.43 bits per heavy atom. The van der Waals surface area contributed by atoms with Crippen molar-refractivity contribution in [2.75, 3.05) is 19.8 Å². The average Bonchev–Trinajstić information content (AvgIpc) is 1.68. The van der Waals surface area contributed by atoms with E-state index in [4.69, 9.17) is 0 Å². The van der Waals surface area contributed by atoms with Crippen LogP contribution in [0.3, 0.4) is 0 Å². The molecular formula is C5H14NP. The second-order valence-electron chi connectivity index (χ2n) is 1.90. The molecule has 1 nitrogen and oxygen atoms in total. The van der Waals surface area contributed by atoms with Crippen LogP contribution < -0.4 is 5.32 Å². The van der Waals surface area contributed by atoms with Gasteiger partial charge in [-0.15, -0.1) is 9.24 Å². The maximum atomic E-state index is 3.11. The van der Waals surface area contributed by atoms with Gasteiger partial charge in [0.2, 0.25) is 0 Å². The molecule has 0 aliphatic heterocycles. The van der Waals surface area contributed by atoms with Crippen LogP contribution in [0, 0.1) is 5.92 Å². The van der Waals surface area contributed by atoms with E-state index in [0.29, 0.717) is 0 Å². The molecule has 0 spiro atoms. The van der Waals surface area contributed by atoms with Crippen LogP contribution in [0.15, 0.2) is 0 Å². The summed E-state index contributed by atoms with van der Waals surface area (Å²) in [4.78, 5) is 0. The standard InChI is InChI=1S/C5H14NP/c1-5(4-7)3-6-2/h5-6H,3-4,7H2,1-2H3. The van der Waals surface area contributed by atoms with E-state index in [9.17, 15) is 0 Å². The van der Waals surface area contributed by atoms with Gasteiger partial charge in [0.05, 0.1) is 0 Å². The average molecular weight is 119 g/mol. The summed E-state index contributed by atoms with van der Waals surface area (Å²) in [5, 5.41) is 3.11. The summed E-state index contributed by atoms with van der Waals surface area (Å²) in [6.07, 6.45) is 1.20. The second kappa shape index (κ2) is 4.55. The van der Waals surface area contributed by atoms with Gasteiger partial charge in [-0.1, -0.05) is 6.92 Å². The van der Waals surface area contributed by atoms with Crippen molar-refractivity contribution in [3.8, 4) is 0 Å². The van der Waals surface area contributed by atoms with E-state index in [1.54, 1.807) is 0 Å². The highest BCUT2D eigenvalue weighted by Gasteiger charge is 1.92. The van der Waals surface area contributed by atoms with Gasteiger partial charge in [0.25, 0.3) is 0 Å². The molecule has 0 heterocycles. The molecule has 0 amide bonds. The van der Waals surface area contributed by atoms with Crippen LogP contribution in [0.2, 0.25) is 0 Å². The zero-order valence-corrected chi connectivity index (χ0v) is 6.22. The fourth-order valence-electron chi connectivity index (χ4n) is 0.432. The van der Waals surface area contributed by atoms with Crippen molar-refractivity contribution in [3.63, 3.8) is 0 Å². The van der Waals surface area contributed by atoms with Crippen molar-refractivity contribution >= 4 is 9.24 Å². The fourth-order valence-corrected chi connectivity index (χ4v) is 0.598. The Kier molecular flexibility index (Phi) is 4.80. The number of hydrogen-bond acceptors (Lipinski definition) is 1. The molecular weight excluding hydrogens is 105 g/mol. The molecule has 2 heteroatoms. The molecule has 0 aromatic heterocycles. The Hall–Kier alpha value is 0.390. The molecule has 0 radical (unpaired) electrons. The quantitative estimate of drug-likeness (QED) is 0.540. The lowest BCUT2D eigenvalue weighted by Crippen LogP contribution is -2.16. The smallest absolute Gasteiger partial charge is 0.00230 e. The Bertz CT molecular complexity index is 39.1. The van der Waals surface area contributed by atoms with Gasteiger partial charge in [-0.05, 0) is 25.7 Å². The Balaban J connectivity index is 2.83. The predicted octanol–water partition coefficient (Wildman–Crippen LogP) is 0.717. The Morgan fingerprint density at radius 2 is 2.29 bits per heavy atom. The molecule has 0 aromatic rings. The molecule has 0 aliphatic carbocycles. The topological polar surface area (TPSA) is 12.0 Å². The van der Waals surface area contributed by atoms with Gasteiger partial charge in [0, 0.05) is 0 Å². The number of hydrogen-bond donors (Lipinski definition) is 1. The Morgan fingerprint density at radius 1 is 1.71 bits per heavy atom. The van der Waals surface area contributed by atoms with Gasteiger partial charge in [-0.3, -0.25) is 0 Å². The first kappa shape index (κ1) is 7.39. The first-order chi connectivity index (χ1) is 3.31. The van der Waals surface area contributed by atoms with Gasteiger partial charge >= 0.3 is 0 Å². The van der Waals surface area contributed by atoms with Crippen molar-refractivity contribution in [1.82, 2.24) is 5.32 Å². The maximum Gasteiger partial charge on any atom is -0.00230 e. The third kappa shape index (κ3) is 4.24. The van der Waals surface area contributed by atoms with Crippen LogP contribution in [-0.4, -0.2) is 19.8 Å². The lowest BCUT2D eigenvalue weighted by molar-refractivity contribution is 0.603. The maximum absolute atomic E-state index is 3.11. The first-order valence-electron chi connectivity index (χ1n) is 2.66. The molecule has 0 fully saturated rings. The monoisotopic (exact) mass is 119 g/mol. The highest BCUT2D eigenvalue weighted by molar-refractivity contribution is 7.16. The number of nitrogens with one attached hydrogen (secondary N) is 1. The molecule has 1 N–H and O–H groups in total. The molecule has 7 heavy (non-hydrogen) atoms. The highest BCUT2D eigenvalue weighted by Crippen LogP contribution is 1.95. The van der Waals surface area contributed by atoms with Crippen LogP contribution in [0.1, 0.15) is 6.92 Å². The molecule has 0 rings (SSSR count). The van der Waals surface area contributed by atoms with Crippen molar-refractivity contribution in [2.45, 2.75) is 6.92 Å².